The second-order valence-electron chi connectivity index (χ2n) is 5.78. The molecule has 2 N–H and O–H groups in total. The van der Waals surface area contributed by atoms with E-state index in [0.29, 0.717) is 6.04 Å². The first-order chi connectivity index (χ1) is 10.4. The lowest BCUT2D eigenvalue weighted by Crippen LogP contribution is -2.40. The first kappa shape index (κ1) is 14.3. The molecular weight excluding hydrogens is 260 g/mol. The van der Waals surface area contributed by atoms with Crippen molar-refractivity contribution in [1.29, 1.82) is 0 Å². The van der Waals surface area contributed by atoms with Crippen molar-refractivity contribution in [2.24, 2.45) is 5.73 Å². The molecule has 4 heteroatoms. The van der Waals surface area contributed by atoms with Crippen LogP contribution in [0.2, 0.25) is 0 Å². The first-order valence-corrected chi connectivity index (χ1v) is 7.91. The third-order valence-electron chi connectivity index (χ3n) is 4.28. The van der Waals surface area contributed by atoms with Gasteiger partial charge in [0.15, 0.2) is 0 Å². The molecule has 2 heterocycles. The number of likely N-dealkylation sites (tertiary alicyclic amines) is 1. The zero-order valence-electron chi connectivity index (χ0n) is 12.5. The van der Waals surface area contributed by atoms with E-state index < -0.39 is 0 Å². The molecule has 1 atom stereocenters. The second kappa shape index (κ2) is 6.87. The fourth-order valence-electron chi connectivity index (χ4n) is 3.17. The summed E-state index contributed by atoms with van der Waals surface area (Å²) in [6, 6.07) is 13.0. The molecule has 0 radical (unpaired) electrons. The molecule has 3 rings (SSSR count). The maximum absolute atomic E-state index is 5.75. The third-order valence-corrected chi connectivity index (χ3v) is 4.28. The lowest BCUT2D eigenvalue weighted by molar-refractivity contribution is 0.132. The summed E-state index contributed by atoms with van der Waals surface area (Å²) in [7, 11) is 0. The molecule has 0 bridgehead atoms. The molecule has 0 spiro atoms. The smallest absolute Gasteiger partial charge is 0.0769 e. The Morgan fingerprint density at radius 3 is 2.81 bits per heavy atom. The van der Waals surface area contributed by atoms with Gasteiger partial charge in [-0.3, -0.25) is 4.90 Å². The minimum Gasteiger partial charge on any atom is -0.330 e. The molecular formula is C17H24N4. The van der Waals surface area contributed by atoms with Crippen LogP contribution in [0.25, 0.3) is 5.69 Å². The van der Waals surface area contributed by atoms with Gasteiger partial charge in [0.1, 0.15) is 0 Å². The normalized spacial score (nSPS) is 19.8. The molecule has 112 valence electrons. The molecule has 0 amide bonds. The fraction of sp³-hybridized carbons (Fsp3) is 0.471. The third kappa shape index (κ3) is 3.52. The Morgan fingerprint density at radius 2 is 2.00 bits per heavy atom. The molecule has 1 aliphatic rings. The number of hydrogen-bond acceptors (Lipinski definition) is 3. The Morgan fingerprint density at radius 1 is 1.14 bits per heavy atom. The number of aromatic nitrogens is 2. The van der Waals surface area contributed by atoms with Crippen molar-refractivity contribution in [3.05, 3.63) is 48.3 Å². The number of hydrogen-bond donors (Lipinski definition) is 1. The van der Waals surface area contributed by atoms with Crippen molar-refractivity contribution in [2.45, 2.75) is 38.3 Å². The van der Waals surface area contributed by atoms with E-state index in [0.717, 1.165) is 30.9 Å². The number of para-hydroxylation sites is 1. The molecule has 2 aromatic rings. The van der Waals surface area contributed by atoms with Gasteiger partial charge in [-0.2, -0.15) is 5.10 Å². The predicted molar refractivity (Wildman–Crippen MR) is 85.3 cm³/mol. The van der Waals surface area contributed by atoms with Crippen LogP contribution in [0.1, 0.15) is 31.4 Å². The van der Waals surface area contributed by atoms with Crippen LogP contribution in [0.4, 0.5) is 0 Å². The van der Waals surface area contributed by atoms with Crippen LogP contribution in [0, 0.1) is 0 Å². The molecule has 1 aromatic carbocycles. The van der Waals surface area contributed by atoms with Gasteiger partial charge in [-0.15, -0.1) is 0 Å². The van der Waals surface area contributed by atoms with Gasteiger partial charge in [0.25, 0.3) is 0 Å². The van der Waals surface area contributed by atoms with E-state index in [4.69, 9.17) is 10.8 Å². The number of nitrogens with zero attached hydrogens (tertiary/aromatic N) is 3. The summed E-state index contributed by atoms with van der Waals surface area (Å²) in [6.45, 7) is 2.88. The molecule has 0 aliphatic carbocycles. The van der Waals surface area contributed by atoms with Crippen molar-refractivity contribution >= 4 is 0 Å². The van der Waals surface area contributed by atoms with E-state index in [-0.39, 0.29) is 0 Å². The molecule has 1 aliphatic heterocycles. The molecule has 1 saturated heterocycles. The van der Waals surface area contributed by atoms with Crippen molar-refractivity contribution in [3.8, 4) is 5.69 Å². The van der Waals surface area contributed by atoms with Crippen LogP contribution in [0.5, 0.6) is 0 Å². The minimum atomic E-state index is 0.630. The fourth-order valence-corrected chi connectivity index (χ4v) is 3.17. The van der Waals surface area contributed by atoms with Crippen LogP contribution in [0.15, 0.2) is 42.6 Å². The first-order valence-electron chi connectivity index (χ1n) is 7.91. The lowest BCUT2D eigenvalue weighted by Gasteiger charge is -2.35. The summed E-state index contributed by atoms with van der Waals surface area (Å²) in [4.78, 5) is 2.55. The maximum Gasteiger partial charge on any atom is 0.0769 e. The van der Waals surface area contributed by atoms with Gasteiger partial charge < -0.3 is 5.73 Å². The topological polar surface area (TPSA) is 47.1 Å². The van der Waals surface area contributed by atoms with Gasteiger partial charge in [0.2, 0.25) is 0 Å². The van der Waals surface area contributed by atoms with Crippen LogP contribution < -0.4 is 5.73 Å². The summed E-state index contributed by atoms with van der Waals surface area (Å²) < 4.78 is 1.96. The Bertz CT molecular complexity index is 547. The van der Waals surface area contributed by atoms with E-state index >= 15 is 0 Å². The van der Waals surface area contributed by atoms with Gasteiger partial charge in [-0.1, -0.05) is 24.6 Å². The highest BCUT2D eigenvalue weighted by Crippen LogP contribution is 2.21. The number of rotatable bonds is 5. The van der Waals surface area contributed by atoms with E-state index in [1.807, 2.05) is 29.1 Å². The minimum absolute atomic E-state index is 0.630. The molecule has 1 aromatic heterocycles. The van der Waals surface area contributed by atoms with Crippen molar-refractivity contribution < 1.29 is 0 Å². The summed E-state index contributed by atoms with van der Waals surface area (Å²) in [5.41, 5.74) is 8.00. The van der Waals surface area contributed by atoms with E-state index in [1.165, 1.54) is 25.8 Å². The molecule has 1 unspecified atom stereocenters. The summed E-state index contributed by atoms with van der Waals surface area (Å²) in [5, 5.41) is 4.71. The van der Waals surface area contributed by atoms with Crippen LogP contribution in [0.3, 0.4) is 0 Å². The van der Waals surface area contributed by atoms with Crippen LogP contribution in [-0.2, 0) is 6.54 Å². The SMILES string of the molecule is NCCC1CCCCN1Cc1ccn(-c2ccccc2)n1. The summed E-state index contributed by atoms with van der Waals surface area (Å²) >= 11 is 0. The van der Waals surface area contributed by atoms with Gasteiger partial charge >= 0.3 is 0 Å². The Kier molecular flexibility index (Phi) is 4.68. The van der Waals surface area contributed by atoms with Gasteiger partial charge in [0, 0.05) is 18.8 Å². The highest BCUT2D eigenvalue weighted by Gasteiger charge is 2.22. The zero-order chi connectivity index (χ0) is 14.5. The van der Waals surface area contributed by atoms with E-state index in [9.17, 15) is 0 Å². The highest BCUT2D eigenvalue weighted by molar-refractivity contribution is 5.30. The zero-order valence-corrected chi connectivity index (χ0v) is 12.5. The average molecular weight is 284 g/mol. The van der Waals surface area contributed by atoms with Crippen LogP contribution >= 0.6 is 0 Å². The van der Waals surface area contributed by atoms with Gasteiger partial charge in [-0.05, 0) is 50.6 Å². The van der Waals surface area contributed by atoms with Gasteiger partial charge in [-0.25, -0.2) is 4.68 Å². The molecule has 1 fully saturated rings. The molecule has 0 saturated carbocycles. The average Bonchev–Trinajstić information content (AvgIpc) is 2.99. The predicted octanol–water partition coefficient (Wildman–Crippen LogP) is 2.58. The number of nitrogens with two attached hydrogens (primary N) is 1. The molecule has 21 heavy (non-hydrogen) atoms. The maximum atomic E-state index is 5.75. The Hall–Kier alpha value is -1.65. The second-order valence-corrected chi connectivity index (χ2v) is 5.78. The Balaban J connectivity index is 1.69. The van der Waals surface area contributed by atoms with E-state index in [1.54, 1.807) is 0 Å². The Labute approximate surface area is 126 Å². The summed E-state index contributed by atoms with van der Waals surface area (Å²) in [6.07, 6.45) is 7.04. The molecule has 4 nitrogen and oxygen atoms in total. The quantitative estimate of drug-likeness (QED) is 0.918. The van der Waals surface area contributed by atoms with Crippen molar-refractivity contribution in [3.63, 3.8) is 0 Å². The largest absolute Gasteiger partial charge is 0.330 e. The standard InChI is InChI=1S/C17H24N4/c18-11-9-16-6-4-5-12-20(16)14-15-10-13-21(19-15)17-7-2-1-3-8-17/h1-3,7-8,10,13,16H,4-6,9,11-12,14,18H2. The van der Waals surface area contributed by atoms with E-state index in [2.05, 4.69) is 23.1 Å². The van der Waals surface area contributed by atoms with Gasteiger partial charge in [0.05, 0.1) is 11.4 Å². The van der Waals surface area contributed by atoms with Crippen molar-refractivity contribution in [1.82, 2.24) is 14.7 Å². The monoisotopic (exact) mass is 284 g/mol. The number of benzene rings is 1. The highest BCUT2D eigenvalue weighted by atomic mass is 15.3. The number of piperidine rings is 1. The summed E-state index contributed by atoms with van der Waals surface area (Å²) in [5.74, 6) is 0. The van der Waals surface area contributed by atoms with Crippen molar-refractivity contribution in [2.75, 3.05) is 13.1 Å². The lowest BCUT2D eigenvalue weighted by atomic mass is 9.99. The van der Waals surface area contributed by atoms with Crippen LogP contribution in [-0.4, -0.2) is 33.8 Å².